The predicted octanol–water partition coefficient (Wildman–Crippen LogP) is 4.77. The monoisotopic (exact) mass is 278 g/mol. The Hall–Kier alpha value is -1.51. The van der Waals surface area contributed by atoms with Crippen molar-refractivity contribution in [2.75, 3.05) is 0 Å². The lowest BCUT2D eigenvalue weighted by Gasteiger charge is -2.32. The summed E-state index contributed by atoms with van der Waals surface area (Å²) in [4.78, 5) is 11.9. The predicted molar refractivity (Wildman–Crippen MR) is 80.8 cm³/mol. The minimum absolute atomic E-state index is 0.0885. The van der Waals surface area contributed by atoms with Crippen molar-refractivity contribution in [2.24, 2.45) is 5.92 Å². The van der Waals surface area contributed by atoms with Gasteiger partial charge in [0.25, 0.3) is 0 Å². The molecule has 2 atom stereocenters. The molecule has 1 rings (SSSR count). The van der Waals surface area contributed by atoms with Gasteiger partial charge in [-0.05, 0) is 32.3 Å². The summed E-state index contributed by atoms with van der Waals surface area (Å²) in [5, 5.41) is 0. The molecule has 0 fully saturated rings. The third-order valence-electron chi connectivity index (χ3n) is 3.91. The highest BCUT2D eigenvalue weighted by molar-refractivity contribution is 5.61. The highest BCUT2D eigenvalue weighted by Crippen LogP contribution is 2.31. The number of hydrogen-bond acceptors (Lipinski definition) is 3. The molecule has 112 valence electrons. The van der Waals surface area contributed by atoms with Gasteiger partial charge in [0.05, 0.1) is 0 Å². The quantitative estimate of drug-likeness (QED) is 0.728. The lowest BCUT2D eigenvalue weighted by Crippen LogP contribution is -2.35. The average molecular weight is 278 g/mol. The first kappa shape index (κ1) is 16.5. The lowest BCUT2D eigenvalue weighted by molar-refractivity contribution is -0.0476. The van der Waals surface area contributed by atoms with E-state index in [2.05, 4.69) is 6.92 Å². The van der Waals surface area contributed by atoms with E-state index >= 15 is 0 Å². The van der Waals surface area contributed by atoms with Gasteiger partial charge in [0.1, 0.15) is 11.7 Å². The minimum Gasteiger partial charge on any atom is -0.431 e. The van der Waals surface area contributed by atoms with Crippen LogP contribution >= 0.6 is 0 Å². The Morgan fingerprint density at radius 2 is 1.60 bits per heavy atom. The summed E-state index contributed by atoms with van der Waals surface area (Å²) in [6.45, 7) is 11.8. The Bertz CT molecular complexity index is 423. The molecule has 20 heavy (non-hydrogen) atoms. The number of carbonyl (C=O) groups is 1. The maximum Gasteiger partial charge on any atom is 0.509 e. The van der Waals surface area contributed by atoms with Gasteiger partial charge in [-0.2, -0.15) is 0 Å². The second-order valence-electron chi connectivity index (χ2n) is 6.15. The highest BCUT2D eigenvalue weighted by Gasteiger charge is 2.32. The molecule has 0 aliphatic heterocycles. The first-order valence-corrected chi connectivity index (χ1v) is 7.18. The van der Waals surface area contributed by atoms with Crippen LogP contribution in [-0.2, 0) is 9.47 Å². The molecule has 0 aliphatic rings. The van der Waals surface area contributed by atoms with Gasteiger partial charge in [0.2, 0.25) is 0 Å². The largest absolute Gasteiger partial charge is 0.509 e. The molecule has 3 heteroatoms. The van der Waals surface area contributed by atoms with Crippen LogP contribution in [0.2, 0.25) is 0 Å². The van der Waals surface area contributed by atoms with Gasteiger partial charge in [0, 0.05) is 5.92 Å². The maximum atomic E-state index is 11.9. The van der Waals surface area contributed by atoms with Gasteiger partial charge < -0.3 is 9.47 Å². The van der Waals surface area contributed by atoms with Crippen molar-refractivity contribution in [1.82, 2.24) is 0 Å². The third-order valence-corrected chi connectivity index (χ3v) is 3.91. The highest BCUT2D eigenvalue weighted by atomic mass is 16.7. The molecule has 0 bridgehead atoms. The number of ether oxygens (including phenoxy) is 2. The molecule has 1 aromatic rings. The van der Waals surface area contributed by atoms with E-state index in [1.807, 2.05) is 65.0 Å². The van der Waals surface area contributed by atoms with Crippen LogP contribution in [0.4, 0.5) is 4.79 Å². The van der Waals surface area contributed by atoms with Crippen LogP contribution in [0.5, 0.6) is 0 Å². The first-order valence-electron chi connectivity index (χ1n) is 7.18. The molecule has 1 aromatic carbocycles. The van der Waals surface area contributed by atoms with Crippen LogP contribution in [0.25, 0.3) is 0 Å². The van der Waals surface area contributed by atoms with Crippen molar-refractivity contribution < 1.29 is 14.3 Å². The smallest absolute Gasteiger partial charge is 0.431 e. The van der Waals surface area contributed by atoms with E-state index in [4.69, 9.17) is 9.47 Å². The number of carbonyl (C=O) groups excluding carboxylic acids is 1. The molecule has 0 aromatic heterocycles. The molecule has 3 nitrogen and oxygen atoms in total. The summed E-state index contributed by atoms with van der Waals surface area (Å²) in [7, 11) is 0. The van der Waals surface area contributed by atoms with Gasteiger partial charge in [-0.15, -0.1) is 0 Å². The third kappa shape index (κ3) is 4.55. The fourth-order valence-electron chi connectivity index (χ4n) is 1.76. The van der Waals surface area contributed by atoms with E-state index in [9.17, 15) is 4.79 Å². The topological polar surface area (TPSA) is 35.5 Å². The van der Waals surface area contributed by atoms with Crippen LogP contribution in [0.3, 0.4) is 0 Å². The van der Waals surface area contributed by atoms with Crippen LogP contribution < -0.4 is 0 Å². The van der Waals surface area contributed by atoms with Crippen molar-refractivity contribution in [3.8, 4) is 0 Å². The number of rotatable bonds is 5. The Morgan fingerprint density at radius 1 is 1.05 bits per heavy atom. The fourth-order valence-corrected chi connectivity index (χ4v) is 1.76. The zero-order valence-corrected chi connectivity index (χ0v) is 13.3. The van der Waals surface area contributed by atoms with Gasteiger partial charge in [-0.25, -0.2) is 4.79 Å². The van der Waals surface area contributed by atoms with E-state index in [-0.39, 0.29) is 17.9 Å². The second-order valence-corrected chi connectivity index (χ2v) is 6.15. The Labute approximate surface area is 122 Å². The van der Waals surface area contributed by atoms with Crippen molar-refractivity contribution >= 4 is 6.16 Å². The van der Waals surface area contributed by atoms with Crippen molar-refractivity contribution in [3.05, 3.63) is 35.9 Å². The summed E-state index contributed by atoms with van der Waals surface area (Å²) >= 11 is 0. The van der Waals surface area contributed by atoms with Gasteiger partial charge >= 0.3 is 6.16 Å². The van der Waals surface area contributed by atoms with E-state index in [0.29, 0.717) is 0 Å². The Kier molecular flexibility index (Phi) is 5.61. The summed E-state index contributed by atoms with van der Waals surface area (Å²) in [6, 6.07) is 10.0. The van der Waals surface area contributed by atoms with Gasteiger partial charge in [-0.1, -0.05) is 51.1 Å². The molecule has 0 heterocycles. The fraction of sp³-hybridized carbons (Fsp3) is 0.588. The molecular formula is C17H26O3. The molecule has 0 radical (unpaired) electrons. The first-order chi connectivity index (χ1) is 9.24. The Balaban J connectivity index is 2.67. The van der Waals surface area contributed by atoms with E-state index in [0.717, 1.165) is 5.56 Å². The molecule has 2 unspecified atom stereocenters. The second kappa shape index (κ2) is 6.78. The molecular weight excluding hydrogens is 252 g/mol. The van der Waals surface area contributed by atoms with Crippen LogP contribution in [0.15, 0.2) is 30.3 Å². The van der Waals surface area contributed by atoms with Crippen LogP contribution in [-0.4, -0.2) is 17.9 Å². The standard InChI is InChI=1S/C17H26O3/c1-12(2)14(4)19-16(18)20-17(5,6)13(3)15-10-8-7-9-11-15/h7-14H,1-6H3. The van der Waals surface area contributed by atoms with Crippen LogP contribution in [0, 0.1) is 5.92 Å². The molecule has 0 N–H and O–H groups in total. The summed E-state index contributed by atoms with van der Waals surface area (Å²) in [5.41, 5.74) is 0.525. The number of benzene rings is 1. The zero-order chi connectivity index (χ0) is 15.3. The molecule has 0 spiro atoms. The van der Waals surface area contributed by atoms with E-state index in [1.165, 1.54) is 0 Å². The average Bonchev–Trinajstić information content (AvgIpc) is 2.37. The van der Waals surface area contributed by atoms with Crippen molar-refractivity contribution in [1.29, 1.82) is 0 Å². The maximum absolute atomic E-state index is 11.9. The Morgan fingerprint density at radius 3 is 2.10 bits per heavy atom. The van der Waals surface area contributed by atoms with Crippen molar-refractivity contribution in [3.63, 3.8) is 0 Å². The van der Waals surface area contributed by atoms with Gasteiger partial charge in [-0.3, -0.25) is 0 Å². The lowest BCUT2D eigenvalue weighted by atomic mass is 9.86. The minimum atomic E-state index is -0.616. The summed E-state index contributed by atoms with van der Waals surface area (Å²) < 4.78 is 10.8. The number of hydrogen-bond donors (Lipinski definition) is 0. The normalized spacial score (nSPS) is 14.8. The summed E-state index contributed by atoms with van der Waals surface area (Å²) in [5.74, 6) is 0.364. The van der Waals surface area contributed by atoms with E-state index in [1.54, 1.807) is 0 Å². The molecule has 0 saturated carbocycles. The SMILES string of the molecule is CC(C)C(C)OC(=O)OC(C)(C)C(C)c1ccccc1. The zero-order valence-electron chi connectivity index (χ0n) is 13.3. The molecule has 0 saturated heterocycles. The van der Waals surface area contributed by atoms with Crippen molar-refractivity contribution in [2.45, 2.75) is 59.2 Å². The molecule has 0 amide bonds. The summed E-state index contributed by atoms with van der Waals surface area (Å²) in [6.07, 6.45) is -0.746. The molecule has 0 aliphatic carbocycles. The van der Waals surface area contributed by atoms with Gasteiger partial charge in [0.15, 0.2) is 0 Å². The van der Waals surface area contributed by atoms with E-state index < -0.39 is 11.8 Å². The van der Waals surface area contributed by atoms with Crippen LogP contribution in [0.1, 0.15) is 53.0 Å².